The number of carbonyl (C=O) groups excluding carboxylic acids is 1. The van der Waals surface area contributed by atoms with Crippen molar-refractivity contribution in [2.45, 2.75) is 44.0 Å². The van der Waals surface area contributed by atoms with Crippen LogP contribution in [0, 0.1) is 0 Å². The first kappa shape index (κ1) is 24.4. The molecule has 32 heavy (non-hydrogen) atoms. The second kappa shape index (κ2) is 11.0. The fourth-order valence-corrected chi connectivity index (χ4v) is 5.02. The van der Waals surface area contributed by atoms with E-state index in [9.17, 15) is 13.2 Å². The zero-order valence-corrected chi connectivity index (χ0v) is 19.7. The van der Waals surface area contributed by atoms with Crippen LogP contribution in [0.25, 0.3) is 0 Å². The van der Waals surface area contributed by atoms with Gasteiger partial charge in [0.05, 0.1) is 29.5 Å². The predicted molar refractivity (Wildman–Crippen MR) is 123 cm³/mol. The molecule has 2 atom stereocenters. The summed E-state index contributed by atoms with van der Waals surface area (Å²) in [4.78, 5) is 15.0. The third-order valence-corrected chi connectivity index (χ3v) is 7.10. The summed E-state index contributed by atoms with van der Waals surface area (Å²) >= 11 is 0. The summed E-state index contributed by atoms with van der Waals surface area (Å²) in [5, 5.41) is 2.88. The lowest BCUT2D eigenvalue weighted by Crippen LogP contribution is -2.44. The minimum atomic E-state index is -3.41. The first-order valence-electron chi connectivity index (χ1n) is 10.8. The van der Waals surface area contributed by atoms with Crippen molar-refractivity contribution in [2.24, 2.45) is 0 Å². The lowest BCUT2D eigenvalue weighted by molar-refractivity contribution is -0.0704. The number of rotatable bonds is 9. The number of hydrogen-bond donors (Lipinski definition) is 1. The molecule has 8 heteroatoms. The van der Waals surface area contributed by atoms with Gasteiger partial charge < -0.3 is 14.8 Å². The third-order valence-electron chi connectivity index (χ3n) is 5.41. The van der Waals surface area contributed by atoms with Crippen molar-refractivity contribution in [1.29, 1.82) is 0 Å². The normalized spacial score (nSPS) is 19.6. The molecule has 1 aliphatic heterocycles. The Balaban J connectivity index is 1.51. The monoisotopic (exact) mass is 460 g/mol. The van der Waals surface area contributed by atoms with Gasteiger partial charge in [0, 0.05) is 38.9 Å². The molecular weight excluding hydrogens is 428 g/mol. The van der Waals surface area contributed by atoms with E-state index in [1.807, 2.05) is 12.1 Å². The molecule has 0 radical (unpaired) electrons. The first-order chi connectivity index (χ1) is 15.3. The molecule has 1 aliphatic rings. The van der Waals surface area contributed by atoms with Gasteiger partial charge in [-0.3, -0.25) is 9.69 Å². The fraction of sp³-hybridized carbons (Fsp3) is 0.458. The van der Waals surface area contributed by atoms with E-state index in [2.05, 4.69) is 36.2 Å². The lowest BCUT2D eigenvalue weighted by Gasteiger charge is -2.35. The van der Waals surface area contributed by atoms with Crippen molar-refractivity contribution in [3.63, 3.8) is 0 Å². The van der Waals surface area contributed by atoms with Gasteiger partial charge in [0.25, 0.3) is 5.91 Å². The molecule has 1 N–H and O–H groups in total. The average molecular weight is 461 g/mol. The van der Waals surface area contributed by atoms with E-state index >= 15 is 0 Å². The SMILES string of the molecule is COCCS(=O)(=O)c1ccc(C(=O)NCc2ccc(CN3CC(C)OC(C)C3)cc2)cc1. The predicted octanol–water partition coefficient (Wildman–Crippen LogP) is 2.65. The maximum atomic E-state index is 12.4. The number of amides is 1. The minimum absolute atomic E-state index is 0.0887. The molecule has 2 aromatic rings. The van der Waals surface area contributed by atoms with Crippen molar-refractivity contribution in [3.8, 4) is 0 Å². The van der Waals surface area contributed by atoms with Crippen LogP contribution in [0.4, 0.5) is 0 Å². The Hall–Kier alpha value is -2.26. The zero-order valence-electron chi connectivity index (χ0n) is 18.9. The second-order valence-corrected chi connectivity index (χ2v) is 10.4. The van der Waals surface area contributed by atoms with Crippen LogP contribution in [0.5, 0.6) is 0 Å². The summed E-state index contributed by atoms with van der Waals surface area (Å²) in [7, 11) is -1.95. The highest BCUT2D eigenvalue weighted by molar-refractivity contribution is 7.91. The molecule has 3 rings (SSSR count). The molecule has 174 valence electrons. The van der Waals surface area contributed by atoms with E-state index in [0.29, 0.717) is 12.1 Å². The summed E-state index contributed by atoms with van der Waals surface area (Å²) in [6, 6.07) is 14.2. The number of carbonyl (C=O) groups is 1. The fourth-order valence-electron chi connectivity index (χ4n) is 3.84. The largest absolute Gasteiger partial charge is 0.384 e. The van der Waals surface area contributed by atoms with E-state index in [4.69, 9.17) is 9.47 Å². The summed E-state index contributed by atoms with van der Waals surface area (Å²) in [5.41, 5.74) is 2.65. The molecule has 1 amide bonds. The van der Waals surface area contributed by atoms with Crippen molar-refractivity contribution in [2.75, 3.05) is 32.6 Å². The van der Waals surface area contributed by atoms with Crippen LogP contribution < -0.4 is 5.32 Å². The Kier molecular flexibility index (Phi) is 8.42. The number of benzene rings is 2. The number of ether oxygens (including phenoxy) is 2. The van der Waals surface area contributed by atoms with Crippen molar-refractivity contribution < 1.29 is 22.7 Å². The van der Waals surface area contributed by atoms with Crippen LogP contribution in [0.2, 0.25) is 0 Å². The van der Waals surface area contributed by atoms with Crippen molar-refractivity contribution >= 4 is 15.7 Å². The summed E-state index contributed by atoms with van der Waals surface area (Å²) in [5.74, 6) is -0.333. The van der Waals surface area contributed by atoms with Crippen LogP contribution in [-0.2, 0) is 32.4 Å². The number of methoxy groups -OCH3 is 1. The van der Waals surface area contributed by atoms with Crippen LogP contribution in [0.3, 0.4) is 0 Å². The number of morpholine rings is 1. The molecule has 2 unspecified atom stereocenters. The van der Waals surface area contributed by atoms with Crippen LogP contribution in [0.15, 0.2) is 53.4 Å². The maximum Gasteiger partial charge on any atom is 0.251 e. The van der Waals surface area contributed by atoms with Gasteiger partial charge in [0.1, 0.15) is 0 Å². The topological polar surface area (TPSA) is 84.9 Å². The molecule has 0 spiro atoms. The maximum absolute atomic E-state index is 12.4. The van der Waals surface area contributed by atoms with E-state index in [1.165, 1.54) is 36.9 Å². The van der Waals surface area contributed by atoms with Crippen LogP contribution in [0.1, 0.15) is 35.3 Å². The molecular formula is C24H32N2O5S. The van der Waals surface area contributed by atoms with Gasteiger partial charge in [0.15, 0.2) is 9.84 Å². The minimum Gasteiger partial charge on any atom is -0.384 e. The van der Waals surface area contributed by atoms with Crippen LogP contribution >= 0.6 is 0 Å². The Bertz CT molecular complexity index is 980. The van der Waals surface area contributed by atoms with Crippen LogP contribution in [-0.4, -0.2) is 64.0 Å². The van der Waals surface area contributed by atoms with E-state index in [-0.39, 0.29) is 35.4 Å². The Morgan fingerprint density at radius 2 is 1.62 bits per heavy atom. The van der Waals surface area contributed by atoms with E-state index < -0.39 is 9.84 Å². The number of nitrogens with one attached hydrogen (secondary N) is 1. The number of hydrogen-bond acceptors (Lipinski definition) is 6. The lowest BCUT2D eigenvalue weighted by atomic mass is 10.1. The summed E-state index contributed by atoms with van der Waals surface area (Å²) < 4.78 is 35.0. The zero-order chi connectivity index (χ0) is 23.1. The number of nitrogens with zero attached hydrogens (tertiary/aromatic N) is 1. The quantitative estimate of drug-likeness (QED) is 0.619. The highest BCUT2D eigenvalue weighted by Gasteiger charge is 2.22. The van der Waals surface area contributed by atoms with Crippen molar-refractivity contribution in [1.82, 2.24) is 10.2 Å². The standard InChI is InChI=1S/C24H32N2O5S/c1-18-15-26(16-19(2)31-18)17-21-6-4-20(5-7-21)14-25-24(27)22-8-10-23(11-9-22)32(28,29)13-12-30-3/h4-11,18-19H,12-17H2,1-3H3,(H,25,27). The molecule has 2 aromatic carbocycles. The Morgan fingerprint density at radius 1 is 1.03 bits per heavy atom. The average Bonchev–Trinajstić information content (AvgIpc) is 2.76. The summed E-state index contributed by atoms with van der Waals surface area (Å²) in [6.07, 6.45) is 0.487. The van der Waals surface area contributed by atoms with Gasteiger partial charge in [-0.2, -0.15) is 0 Å². The van der Waals surface area contributed by atoms with Crippen molar-refractivity contribution in [3.05, 3.63) is 65.2 Å². The highest BCUT2D eigenvalue weighted by Crippen LogP contribution is 2.15. The van der Waals surface area contributed by atoms with E-state index in [0.717, 1.165) is 25.2 Å². The Morgan fingerprint density at radius 3 is 2.22 bits per heavy atom. The van der Waals surface area contributed by atoms with Gasteiger partial charge in [0.2, 0.25) is 0 Å². The number of sulfone groups is 1. The van der Waals surface area contributed by atoms with Gasteiger partial charge >= 0.3 is 0 Å². The highest BCUT2D eigenvalue weighted by atomic mass is 32.2. The molecule has 1 fully saturated rings. The molecule has 0 aromatic heterocycles. The van der Waals surface area contributed by atoms with Gasteiger partial charge in [-0.25, -0.2) is 8.42 Å². The molecule has 0 bridgehead atoms. The second-order valence-electron chi connectivity index (χ2n) is 8.29. The Labute approximate surface area is 190 Å². The van der Waals surface area contributed by atoms with E-state index in [1.54, 1.807) is 0 Å². The molecule has 7 nitrogen and oxygen atoms in total. The smallest absolute Gasteiger partial charge is 0.251 e. The molecule has 0 aliphatic carbocycles. The van der Waals surface area contributed by atoms with Gasteiger partial charge in [-0.05, 0) is 49.2 Å². The molecule has 0 saturated carbocycles. The molecule has 1 heterocycles. The third kappa shape index (κ3) is 6.87. The summed E-state index contributed by atoms with van der Waals surface area (Å²) in [6.45, 7) is 7.46. The first-order valence-corrected chi connectivity index (χ1v) is 12.5. The van der Waals surface area contributed by atoms with Gasteiger partial charge in [-0.1, -0.05) is 24.3 Å². The molecule has 1 saturated heterocycles. The van der Waals surface area contributed by atoms with Gasteiger partial charge in [-0.15, -0.1) is 0 Å².